The standard InChI is InChI=1S/C26H17Cl/c27-22-15-13-18(14-16-22)23-12-6-10-21-17-20-9-4-5-11-24(20)25(26(21)23)19-7-2-1-3-8-19/h1-17H. The minimum Gasteiger partial charge on any atom is -0.0843 e. The molecule has 0 nitrogen and oxygen atoms in total. The van der Waals surface area contributed by atoms with Gasteiger partial charge in [0.15, 0.2) is 0 Å². The van der Waals surface area contributed by atoms with Crippen LogP contribution in [0.1, 0.15) is 0 Å². The monoisotopic (exact) mass is 364 g/mol. The lowest BCUT2D eigenvalue weighted by atomic mass is 9.88. The third-order valence-electron chi connectivity index (χ3n) is 5.11. The predicted octanol–water partition coefficient (Wildman–Crippen LogP) is 7.98. The molecule has 0 aliphatic rings. The van der Waals surface area contributed by atoms with Crippen LogP contribution < -0.4 is 0 Å². The van der Waals surface area contributed by atoms with Gasteiger partial charge < -0.3 is 0 Å². The molecule has 0 bridgehead atoms. The highest BCUT2D eigenvalue weighted by molar-refractivity contribution is 6.30. The second-order valence-electron chi connectivity index (χ2n) is 6.75. The van der Waals surface area contributed by atoms with Crippen LogP contribution >= 0.6 is 11.6 Å². The van der Waals surface area contributed by atoms with Gasteiger partial charge in [-0.25, -0.2) is 0 Å². The van der Waals surface area contributed by atoms with Gasteiger partial charge in [-0.15, -0.1) is 0 Å². The van der Waals surface area contributed by atoms with Crippen molar-refractivity contribution in [2.75, 3.05) is 0 Å². The Labute approximate surface area is 163 Å². The van der Waals surface area contributed by atoms with Crippen LogP contribution in [0.15, 0.2) is 103 Å². The second kappa shape index (κ2) is 6.57. The molecule has 0 N–H and O–H groups in total. The zero-order chi connectivity index (χ0) is 18.2. The Kier molecular flexibility index (Phi) is 3.92. The van der Waals surface area contributed by atoms with E-state index in [1.54, 1.807) is 0 Å². The van der Waals surface area contributed by atoms with Gasteiger partial charge in [0, 0.05) is 5.02 Å². The maximum Gasteiger partial charge on any atom is 0.0406 e. The van der Waals surface area contributed by atoms with E-state index in [0.717, 1.165) is 5.02 Å². The maximum absolute atomic E-state index is 6.12. The largest absolute Gasteiger partial charge is 0.0843 e. The second-order valence-corrected chi connectivity index (χ2v) is 7.19. The van der Waals surface area contributed by atoms with Crippen molar-refractivity contribution in [1.82, 2.24) is 0 Å². The Morgan fingerprint density at radius 3 is 2.04 bits per heavy atom. The average molecular weight is 365 g/mol. The van der Waals surface area contributed by atoms with Crippen LogP contribution in [-0.4, -0.2) is 0 Å². The first-order valence-electron chi connectivity index (χ1n) is 9.07. The normalized spacial score (nSPS) is 11.1. The fourth-order valence-electron chi connectivity index (χ4n) is 3.90. The highest BCUT2D eigenvalue weighted by Crippen LogP contribution is 2.41. The van der Waals surface area contributed by atoms with Gasteiger partial charge in [-0.2, -0.15) is 0 Å². The molecule has 0 fully saturated rings. The predicted molar refractivity (Wildman–Crippen MR) is 117 cm³/mol. The molecular formula is C26H17Cl. The Bertz CT molecular complexity index is 1250. The molecule has 128 valence electrons. The van der Waals surface area contributed by atoms with E-state index in [-0.39, 0.29) is 0 Å². The van der Waals surface area contributed by atoms with E-state index >= 15 is 0 Å². The maximum atomic E-state index is 6.12. The molecule has 0 saturated heterocycles. The Hall–Kier alpha value is -3.09. The van der Waals surface area contributed by atoms with Crippen LogP contribution in [0.3, 0.4) is 0 Å². The number of rotatable bonds is 2. The van der Waals surface area contributed by atoms with Crippen molar-refractivity contribution in [3.63, 3.8) is 0 Å². The van der Waals surface area contributed by atoms with Gasteiger partial charge >= 0.3 is 0 Å². The van der Waals surface area contributed by atoms with Gasteiger partial charge in [-0.05, 0) is 62.0 Å². The van der Waals surface area contributed by atoms with Crippen LogP contribution in [0.2, 0.25) is 5.02 Å². The number of fused-ring (bicyclic) bond motifs is 2. The van der Waals surface area contributed by atoms with E-state index in [1.807, 2.05) is 12.1 Å². The zero-order valence-electron chi connectivity index (χ0n) is 14.7. The lowest BCUT2D eigenvalue weighted by molar-refractivity contribution is 1.64. The highest BCUT2D eigenvalue weighted by Gasteiger charge is 2.14. The van der Waals surface area contributed by atoms with Gasteiger partial charge in [0.25, 0.3) is 0 Å². The molecule has 1 heteroatoms. The number of hydrogen-bond donors (Lipinski definition) is 0. The summed E-state index contributed by atoms with van der Waals surface area (Å²) in [7, 11) is 0. The molecule has 0 heterocycles. The molecule has 0 unspecified atom stereocenters. The molecular weight excluding hydrogens is 348 g/mol. The van der Waals surface area contributed by atoms with Gasteiger partial charge in [0.1, 0.15) is 0 Å². The van der Waals surface area contributed by atoms with Crippen LogP contribution in [0.25, 0.3) is 43.8 Å². The van der Waals surface area contributed by atoms with Crippen molar-refractivity contribution in [3.05, 3.63) is 108 Å². The Morgan fingerprint density at radius 2 is 1.22 bits per heavy atom. The van der Waals surface area contributed by atoms with Crippen molar-refractivity contribution in [2.45, 2.75) is 0 Å². The van der Waals surface area contributed by atoms with Crippen LogP contribution in [0, 0.1) is 0 Å². The molecule has 0 saturated carbocycles. The minimum atomic E-state index is 0.757. The smallest absolute Gasteiger partial charge is 0.0406 e. The molecule has 0 aromatic heterocycles. The molecule has 5 aromatic carbocycles. The fourth-order valence-corrected chi connectivity index (χ4v) is 4.02. The Balaban J connectivity index is 1.96. The molecule has 0 amide bonds. The van der Waals surface area contributed by atoms with Gasteiger partial charge in [0.2, 0.25) is 0 Å². The summed E-state index contributed by atoms with van der Waals surface area (Å²) in [4.78, 5) is 0. The van der Waals surface area contributed by atoms with Crippen LogP contribution in [0.4, 0.5) is 0 Å². The first-order chi connectivity index (χ1) is 13.3. The Morgan fingerprint density at radius 1 is 0.519 bits per heavy atom. The summed E-state index contributed by atoms with van der Waals surface area (Å²) >= 11 is 6.12. The fraction of sp³-hybridized carbons (Fsp3) is 0. The minimum absolute atomic E-state index is 0.757. The van der Waals surface area contributed by atoms with Crippen molar-refractivity contribution >= 4 is 33.1 Å². The van der Waals surface area contributed by atoms with Crippen LogP contribution in [-0.2, 0) is 0 Å². The molecule has 0 radical (unpaired) electrons. The number of hydrogen-bond acceptors (Lipinski definition) is 0. The topological polar surface area (TPSA) is 0 Å². The SMILES string of the molecule is Clc1ccc(-c2cccc3cc4ccccc4c(-c4ccccc4)c23)cc1. The first-order valence-corrected chi connectivity index (χ1v) is 9.45. The molecule has 27 heavy (non-hydrogen) atoms. The van der Waals surface area contributed by atoms with Gasteiger partial charge in [-0.3, -0.25) is 0 Å². The summed E-state index contributed by atoms with van der Waals surface area (Å²) in [6.07, 6.45) is 0. The molecule has 0 aliphatic heterocycles. The van der Waals surface area contributed by atoms with Crippen molar-refractivity contribution in [1.29, 1.82) is 0 Å². The van der Waals surface area contributed by atoms with Crippen molar-refractivity contribution in [2.24, 2.45) is 0 Å². The first kappa shape index (κ1) is 16.1. The summed E-state index contributed by atoms with van der Waals surface area (Å²) in [5, 5.41) is 5.83. The van der Waals surface area contributed by atoms with E-state index in [1.165, 1.54) is 43.8 Å². The summed E-state index contributed by atoms with van der Waals surface area (Å²) < 4.78 is 0. The number of halogens is 1. The summed E-state index contributed by atoms with van der Waals surface area (Å²) in [6, 6.07) is 36.2. The third kappa shape index (κ3) is 2.79. The molecule has 5 rings (SSSR count). The van der Waals surface area contributed by atoms with E-state index in [2.05, 4.69) is 91.0 Å². The van der Waals surface area contributed by atoms with Gasteiger partial charge in [0.05, 0.1) is 0 Å². The molecule has 5 aromatic rings. The third-order valence-corrected chi connectivity index (χ3v) is 5.36. The van der Waals surface area contributed by atoms with Crippen molar-refractivity contribution < 1.29 is 0 Å². The number of benzene rings is 5. The molecule has 0 atom stereocenters. The summed E-state index contributed by atoms with van der Waals surface area (Å²) in [5.74, 6) is 0. The van der Waals surface area contributed by atoms with Gasteiger partial charge in [-0.1, -0.05) is 96.5 Å². The highest BCUT2D eigenvalue weighted by atomic mass is 35.5. The average Bonchev–Trinajstić information content (AvgIpc) is 2.73. The van der Waals surface area contributed by atoms with E-state index in [0.29, 0.717) is 0 Å². The van der Waals surface area contributed by atoms with E-state index in [9.17, 15) is 0 Å². The van der Waals surface area contributed by atoms with E-state index < -0.39 is 0 Å². The lowest BCUT2D eigenvalue weighted by Crippen LogP contribution is -1.89. The summed E-state index contributed by atoms with van der Waals surface area (Å²) in [6.45, 7) is 0. The lowest BCUT2D eigenvalue weighted by Gasteiger charge is -2.16. The molecule has 0 spiro atoms. The quantitative estimate of drug-likeness (QED) is 0.278. The zero-order valence-corrected chi connectivity index (χ0v) is 15.4. The van der Waals surface area contributed by atoms with Crippen LogP contribution in [0.5, 0.6) is 0 Å². The van der Waals surface area contributed by atoms with Crippen molar-refractivity contribution in [3.8, 4) is 22.3 Å². The summed E-state index contributed by atoms with van der Waals surface area (Å²) in [5.41, 5.74) is 4.93. The molecule has 0 aliphatic carbocycles. The van der Waals surface area contributed by atoms with E-state index in [4.69, 9.17) is 11.6 Å².